The molecule has 0 unspecified atom stereocenters. The van der Waals surface area contributed by atoms with Crippen LogP contribution < -0.4 is 0 Å². The van der Waals surface area contributed by atoms with Gasteiger partial charge in [-0.1, -0.05) is 0 Å². The van der Waals surface area contributed by atoms with E-state index < -0.39 is 23.7 Å². The maximum atomic E-state index is 12.0. The minimum atomic E-state index is -5.04. The number of esters is 1. The lowest BCUT2D eigenvalue weighted by Crippen LogP contribution is -2.48. The van der Waals surface area contributed by atoms with Crippen LogP contribution in [0.4, 0.5) is 13.2 Å². The molecule has 0 bridgehead atoms. The molecular formula is C7H8F3NO3. The number of rotatable bonds is 2. The molecule has 80 valence electrons. The molecule has 0 heterocycles. The van der Waals surface area contributed by atoms with Gasteiger partial charge in [-0.15, -0.1) is 0 Å². The Kier molecular flexibility index (Phi) is 3.48. The van der Waals surface area contributed by atoms with Gasteiger partial charge >= 0.3 is 12.1 Å². The van der Waals surface area contributed by atoms with Gasteiger partial charge in [0.25, 0.3) is 0 Å². The normalized spacial score (nSPS) is 17.8. The van der Waals surface area contributed by atoms with Crippen LogP contribution in [0.1, 0.15) is 6.92 Å². The largest absolute Gasteiger partial charge is 0.468 e. The second kappa shape index (κ2) is 3.84. The number of hydrogen-bond acceptors (Lipinski definition) is 4. The summed E-state index contributed by atoms with van der Waals surface area (Å²) in [5.74, 6) is -1.43. The second-order valence-electron chi connectivity index (χ2n) is 2.75. The average Bonchev–Trinajstić information content (AvgIpc) is 2.12. The smallest absolute Gasteiger partial charge is 0.416 e. The minimum Gasteiger partial charge on any atom is -0.468 e. The number of nitriles is 1. The first-order valence-corrected chi connectivity index (χ1v) is 3.44. The summed E-state index contributed by atoms with van der Waals surface area (Å²) in [6.07, 6.45) is -8.11. The Morgan fingerprint density at radius 1 is 1.57 bits per heavy atom. The fourth-order valence-electron chi connectivity index (χ4n) is 0.758. The van der Waals surface area contributed by atoms with Crippen LogP contribution in [-0.4, -0.2) is 30.5 Å². The fourth-order valence-corrected chi connectivity index (χ4v) is 0.758. The number of carbonyl (C=O) groups excluding carboxylic acids is 1. The van der Waals surface area contributed by atoms with Crippen molar-refractivity contribution in [3.05, 3.63) is 0 Å². The summed E-state index contributed by atoms with van der Waals surface area (Å²) < 4.78 is 40.1. The Labute approximate surface area is 77.9 Å². The molecule has 0 saturated carbocycles. The van der Waals surface area contributed by atoms with Gasteiger partial charge in [0.1, 0.15) is 0 Å². The molecule has 0 aromatic carbocycles. The highest BCUT2D eigenvalue weighted by molar-refractivity contribution is 5.80. The number of alkyl halides is 3. The van der Waals surface area contributed by atoms with E-state index in [1.807, 2.05) is 0 Å². The van der Waals surface area contributed by atoms with E-state index in [1.165, 1.54) is 0 Å². The first-order chi connectivity index (χ1) is 6.20. The molecule has 0 aliphatic carbocycles. The molecule has 0 aliphatic rings. The fraction of sp³-hybridized carbons (Fsp3) is 0.714. The highest BCUT2D eigenvalue weighted by atomic mass is 19.4. The van der Waals surface area contributed by atoms with Crippen molar-refractivity contribution < 1.29 is 27.8 Å². The molecule has 0 aliphatic heterocycles. The van der Waals surface area contributed by atoms with Crippen LogP contribution in [0, 0.1) is 16.7 Å². The van der Waals surface area contributed by atoms with Gasteiger partial charge < -0.3 is 9.84 Å². The van der Waals surface area contributed by atoms with E-state index in [-0.39, 0.29) is 0 Å². The van der Waals surface area contributed by atoms with Gasteiger partial charge in [0.15, 0.2) is 11.5 Å². The van der Waals surface area contributed by atoms with Crippen molar-refractivity contribution >= 4 is 5.97 Å². The van der Waals surface area contributed by atoms with Crippen molar-refractivity contribution in [2.24, 2.45) is 5.41 Å². The number of halogens is 3. The first-order valence-electron chi connectivity index (χ1n) is 3.44. The number of nitrogens with zero attached hydrogens (tertiary/aromatic N) is 1. The van der Waals surface area contributed by atoms with Gasteiger partial charge in [0.2, 0.25) is 0 Å². The van der Waals surface area contributed by atoms with E-state index in [1.54, 1.807) is 0 Å². The monoisotopic (exact) mass is 211 g/mol. The molecule has 0 fully saturated rings. The SMILES string of the molecule is COC(=O)[C@@](C)(C#N)[C@@H](O)C(F)(F)F. The summed E-state index contributed by atoms with van der Waals surface area (Å²) in [5.41, 5.74) is -2.63. The lowest BCUT2D eigenvalue weighted by atomic mass is 9.85. The molecule has 0 rings (SSSR count). The predicted molar refractivity (Wildman–Crippen MR) is 37.8 cm³/mol. The molecule has 2 atom stereocenters. The molecule has 0 aromatic rings. The van der Waals surface area contributed by atoms with Crippen LogP contribution in [0.3, 0.4) is 0 Å². The number of aliphatic hydroxyl groups excluding tert-OH is 1. The van der Waals surface area contributed by atoms with Crippen molar-refractivity contribution in [1.82, 2.24) is 0 Å². The number of hydrogen-bond donors (Lipinski definition) is 1. The standard InChI is InChI=1S/C7H8F3NO3/c1-6(3-11,5(13)14-2)4(12)7(8,9)10/h4,12H,1-2H3/t4-,6+/m1/s1. The maximum absolute atomic E-state index is 12.0. The zero-order chi connectivity index (χ0) is 11.6. The maximum Gasteiger partial charge on any atom is 0.416 e. The Morgan fingerprint density at radius 2 is 2.00 bits per heavy atom. The van der Waals surface area contributed by atoms with Crippen LogP contribution in [0.5, 0.6) is 0 Å². The molecule has 0 aromatic heterocycles. The molecular weight excluding hydrogens is 203 g/mol. The minimum absolute atomic E-state index is 0.664. The molecule has 0 saturated heterocycles. The Hall–Kier alpha value is -1.29. The summed E-state index contributed by atoms with van der Waals surface area (Å²) in [4.78, 5) is 10.8. The van der Waals surface area contributed by atoms with Gasteiger partial charge in [0, 0.05) is 0 Å². The summed E-state index contributed by atoms with van der Waals surface area (Å²) in [7, 11) is 0.834. The molecule has 14 heavy (non-hydrogen) atoms. The Balaban J connectivity index is 5.09. The summed E-state index contributed by atoms with van der Waals surface area (Å²) in [6, 6.07) is 1.09. The average molecular weight is 211 g/mol. The van der Waals surface area contributed by atoms with Crippen molar-refractivity contribution in [3.8, 4) is 6.07 Å². The van der Waals surface area contributed by atoms with Gasteiger partial charge in [-0.3, -0.25) is 4.79 Å². The summed E-state index contributed by atoms with van der Waals surface area (Å²) >= 11 is 0. The van der Waals surface area contributed by atoms with Gasteiger partial charge in [-0.25, -0.2) is 0 Å². The Bertz CT molecular complexity index is 270. The van der Waals surface area contributed by atoms with Gasteiger partial charge in [-0.2, -0.15) is 18.4 Å². The first kappa shape index (κ1) is 12.7. The van der Waals surface area contributed by atoms with Crippen LogP contribution in [0.2, 0.25) is 0 Å². The second-order valence-corrected chi connectivity index (χ2v) is 2.75. The molecule has 7 heteroatoms. The highest BCUT2D eigenvalue weighted by Gasteiger charge is 2.56. The molecule has 4 nitrogen and oxygen atoms in total. The summed E-state index contributed by atoms with van der Waals surface area (Å²) in [6.45, 7) is 0.664. The van der Waals surface area contributed by atoms with Crippen molar-refractivity contribution in [2.45, 2.75) is 19.2 Å². The lowest BCUT2D eigenvalue weighted by molar-refractivity contribution is -0.232. The van der Waals surface area contributed by atoms with Crippen LogP contribution in [0.15, 0.2) is 0 Å². The molecule has 0 amide bonds. The Morgan fingerprint density at radius 3 is 2.21 bits per heavy atom. The van der Waals surface area contributed by atoms with Crippen molar-refractivity contribution in [3.63, 3.8) is 0 Å². The van der Waals surface area contributed by atoms with Gasteiger partial charge in [0.05, 0.1) is 13.2 Å². The predicted octanol–water partition coefficient (Wildman–Crippen LogP) is 0.612. The van der Waals surface area contributed by atoms with E-state index in [4.69, 9.17) is 10.4 Å². The number of aliphatic hydroxyl groups is 1. The van der Waals surface area contributed by atoms with Crippen LogP contribution in [-0.2, 0) is 9.53 Å². The van der Waals surface area contributed by atoms with E-state index in [0.717, 1.165) is 13.2 Å². The zero-order valence-electron chi connectivity index (χ0n) is 7.42. The highest BCUT2D eigenvalue weighted by Crippen LogP contribution is 2.34. The van der Waals surface area contributed by atoms with E-state index >= 15 is 0 Å². The van der Waals surface area contributed by atoms with E-state index in [0.29, 0.717) is 6.92 Å². The third kappa shape index (κ3) is 2.14. The quantitative estimate of drug-likeness (QED) is 0.679. The van der Waals surface area contributed by atoms with Gasteiger partial charge in [-0.05, 0) is 6.92 Å². The summed E-state index contributed by atoms with van der Waals surface area (Å²) in [5, 5.41) is 17.2. The van der Waals surface area contributed by atoms with Crippen LogP contribution >= 0.6 is 0 Å². The molecule has 1 N–H and O–H groups in total. The lowest BCUT2D eigenvalue weighted by Gasteiger charge is -2.26. The third-order valence-electron chi connectivity index (χ3n) is 1.70. The number of ether oxygens (including phenoxy) is 1. The van der Waals surface area contributed by atoms with E-state index in [2.05, 4.69) is 4.74 Å². The number of methoxy groups -OCH3 is 1. The zero-order valence-corrected chi connectivity index (χ0v) is 7.42. The third-order valence-corrected chi connectivity index (χ3v) is 1.70. The topological polar surface area (TPSA) is 70.3 Å². The van der Waals surface area contributed by atoms with Crippen molar-refractivity contribution in [1.29, 1.82) is 5.26 Å². The van der Waals surface area contributed by atoms with Crippen molar-refractivity contribution in [2.75, 3.05) is 7.11 Å². The van der Waals surface area contributed by atoms with E-state index in [9.17, 15) is 18.0 Å². The molecule has 0 spiro atoms. The van der Waals surface area contributed by atoms with Crippen LogP contribution in [0.25, 0.3) is 0 Å². The molecule has 0 radical (unpaired) electrons. The number of carbonyl (C=O) groups is 1.